The topological polar surface area (TPSA) is 18.5 Å². The van der Waals surface area contributed by atoms with Gasteiger partial charge in [0.1, 0.15) is 0 Å². The first-order valence-electron chi connectivity index (χ1n) is 13.5. The van der Waals surface area contributed by atoms with Crippen molar-refractivity contribution in [3.63, 3.8) is 0 Å². The Morgan fingerprint density at radius 1 is 0.606 bits per heavy atom. The molecule has 0 saturated carbocycles. The number of rotatable bonds is 18. The first kappa shape index (κ1) is 27.8. The summed E-state index contributed by atoms with van der Waals surface area (Å²) in [5.41, 5.74) is 0. The molecule has 2 nitrogen and oxygen atoms in total. The second-order valence-electron chi connectivity index (χ2n) is 9.80. The van der Waals surface area contributed by atoms with E-state index in [0.717, 1.165) is 13.0 Å². The lowest BCUT2D eigenvalue weighted by molar-refractivity contribution is 0.109. The van der Waals surface area contributed by atoms with Gasteiger partial charge >= 0.3 is 8.56 Å². The lowest BCUT2D eigenvalue weighted by Gasteiger charge is -2.35. The van der Waals surface area contributed by atoms with Crippen molar-refractivity contribution in [2.24, 2.45) is 5.92 Å². The van der Waals surface area contributed by atoms with Crippen molar-refractivity contribution >= 4 is 18.9 Å². The predicted octanol–water partition coefficient (Wildman–Crippen LogP) is 7.63. The highest BCUT2D eigenvalue weighted by atomic mass is 28.4. The molecule has 2 aromatic carbocycles. The molecule has 1 unspecified atom stereocenters. The lowest BCUT2D eigenvalue weighted by atomic mass is 10.1. The van der Waals surface area contributed by atoms with Crippen LogP contribution in [-0.4, -0.2) is 21.3 Å². The van der Waals surface area contributed by atoms with E-state index in [9.17, 15) is 0 Å². The maximum Gasteiger partial charge on any atom is 0.407 e. The van der Waals surface area contributed by atoms with E-state index in [-0.39, 0.29) is 6.10 Å². The molecule has 0 heterocycles. The molecular weight excluding hydrogens is 420 g/mol. The van der Waals surface area contributed by atoms with Crippen molar-refractivity contribution in [2.75, 3.05) is 6.61 Å². The van der Waals surface area contributed by atoms with Crippen LogP contribution in [0.5, 0.6) is 0 Å². The third kappa shape index (κ3) is 9.76. The Morgan fingerprint density at radius 3 is 1.45 bits per heavy atom. The molecule has 0 aliphatic heterocycles. The highest BCUT2D eigenvalue weighted by molar-refractivity contribution is 6.92. The molecule has 184 valence electrons. The van der Waals surface area contributed by atoms with Gasteiger partial charge in [-0.2, -0.15) is 0 Å². The van der Waals surface area contributed by atoms with Crippen LogP contribution in [0, 0.1) is 5.92 Å². The first-order chi connectivity index (χ1) is 16.1. The van der Waals surface area contributed by atoms with Crippen LogP contribution in [0.4, 0.5) is 0 Å². The molecule has 3 heteroatoms. The second-order valence-corrected chi connectivity index (χ2v) is 12.7. The van der Waals surface area contributed by atoms with E-state index in [1.54, 1.807) is 0 Å². The van der Waals surface area contributed by atoms with Gasteiger partial charge < -0.3 is 8.85 Å². The van der Waals surface area contributed by atoms with Gasteiger partial charge in [0.05, 0.1) is 0 Å². The molecule has 0 aliphatic rings. The zero-order valence-corrected chi connectivity index (χ0v) is 22.7. The molecule has 0 bridgehead atoms. The van der Waals surface area contributed by atoms with E-state index >= 15 is 0 Å². The van der Waals surface area contributed by atoms with Gasteiger partial charge in [-0.15, -0.1) is 0 Å². The van der Waals surface area contributed by atoms with Crippen molar-refractivity contribution < 1.29 is 8.85 Å². The normalized spacial score (nSPS) is 12.9. The van der Waals surface area contributed by atoms with Gasteiger partial charge in [-0.25, -0.2) is 0 Å². The molecule has 0 amide bonds. The molecule has 0 spiro atoms. The van der Waals surface area contributed by atoms with Gasteiger partial charge in [-0.3, -0.25) is 0 Å². The number of unbranched alkanes of at least 4 members (excludes halogenated alkanes) is 10. The molecule has 1 atom stereocenters. The highest BCUT2D eigenvalue weighted by Gasteiger charge is 2.44. The standard InChI is InChI=1S/C30H48O2Si/c1-5-6-7-8-9-10-11-12-13-14-21-26-31-33(32-28(4)27(2)3,29-22-17-15-18-23-29)30-24-19-16-20-25-30/h15-20,22-25,27-28H,5-14,21,26H2,1-4H3. The van der Waals surface area contributed by atoms with Gasteiger partial charge in [0, 0.05) is 12.7 Å². The summed E-state index contributed by atoms with van der Waals surface area (Å²) in [5.74, 6) is 0.440. The lowest BCUT2D eigenvalue weighted by Crippen LogP contribution is -2.65. The monoisotopic (exact) mass is 468 g/mol. The van der Waals surface area contributed by atoms with Crippen LogP contribution >= 0.6 is 0 Å². The maximum absolute atomic E-state index is 6.89. The third-order valence-corrected chi connectivity index (χ3v) is 10.2. The second kappa shape index (κ2) is 16.2. The van der Waals surface area contributed by atoms with E-state index in [0.29, 0.717) is 5.92 Å². The van der Waals surface area contributed by atoms with Gasteiger partial charge in [0.15, 0.2) is 0 Å². The molecule has 0 radical (unpaired) electrons. The van der Waals surface area contributed by atoms with E-state index < -0.39 is 8.56 Å². The van der Waals surface area contributed by atoms with Crippen LogP contribution in [0.1, 0.15) is 98.3 Å². The van der Waals surface area contributed by atoms with E-state index in [4.69, 9.17) is 8.85 Å². The smallest absolute Gasteiger partial charge is 0.388 e. The molecule has 0 saturated heterocycles. The van der Waals surface area contributed by atoms with Crippen molar-refractivity contribution in [1.82, 2.24) is 0 Å². The summed E-state index contributed by atoms with van der Waals surface area (Å²) in [5, 5.41) is 2.40. The van der Waals surface area contributed by atoms with Crippen LogP contribution in [-0.2, 0) is 8.85 Å². The summed E-state index contributed by atoms with van der Waals surface area (Å²) in [4.78, 5) is 0. The molecule has 2 rings (SSSR count). The fourth-order valence-corrected chi connectivity index (χ4v) is 7.70. The summed E-state index contributed by atoms with van der Waals surface area (Å²) in [6, 6.07) is 21.3. The predicted molar refractivity (Wildman–Crippen MR) is 146 cm³/mol. The molecule has 0 fully saturated rings. The van der Waals surface area contributed by atoms with Crippen molar-refractivity contribution in [2.45, 2.75) is 104 Å². The van der Waals surface area contributed by atoms with Crippen LogP contribution in [0.3, 0.4) is 0 Å². The van der Waals surface area contributed by atoms with Crippen LogP contribution in [0.25, 0.3) is 0 Å². The Kier molecular flexibility index (Phi) is 13.7. The molecule has 0 aliphatic carbocycles. The summed E-state index contributed by atoms with van der Waals surface area (Å²) in [6.45, 7) is 9.68. The maximum atomic E-state index is 6.89. The summed E-state index contributed by atoms with van der Waals surface area (Å²) < 4.78 is 13.7. The summed E-state index contributed by atoms with van der Waals surface area (Å²) >= 11 is 0. The van der Waals surface area contributed by atoms with Crippen molar-refractivity contribution in [3.05, 3.63) is 60.7 Å². The van der Waals surface area contributed by atoms with Crippen LogP contribution in [0.2, 0.25) is 0 Å². The van der Waals surface area contributed by atoms with Crippen molar-refractivity contribution in [3.8, 4) is 0 Å². The zero-order valence-electron chi connectivity index (χ0n) is 21.7. The largest absolute Gasteiger partial charge is 0.407 e. The van der Waals surface area contributed by atoms with Crippen molar-refractivity contribution in [1.29, 1.82) is 0 Å². The zero-order chi connectivity index (χ0) is 23.8. The Morgan fingerprint density at radius 2 is 1.03 bits per heavy atom. The minimum Gasteiger partial charge on any atom is -0.388 e. The van der Waals surface area contributed by atoms with Crippen LogP contribution < -0.4 is 10.4 Å². The number of hydrogen-bond acceptors (Lipinski definition) is 2. The Labute approximate surface area is 205 Å². The Hall–Kier alpha value is -1.42. The summed E-state index contributed by atoms with van der Waals surface area (Å²) in [6.07, 6.45) is 14.9. The minimum absolute atomic E-state index is 0.134. The molecule has 33 heavy (non-hydrogen) atoms. The Bertz CT molecular complexity index is 677. The fraction of sp³-hybridized carbons (Fsp3) is 0.600. The van der Waals surface area contributed by atoms with E-state index in [1.165, 1.54) is 74.6 Å². The highest BCUT2D eigenvalue weighted by Crippen LogP contribution is 2.18. The van der Waals surface area contributed by atoms with Gasteiger partial charge in [0.25, 0.3) is 0 Å². The van der Waals surface area contributed by atoms with E-state index in [1.807, 2.05) is 0 Å². The SMILES string of the molecule is CCCCCCCCCCCCCO[Si](OC(C)C(C)C)(c1ccccc1)c1ccccc1. The number of hydrogen-bond donors (Lipinski definition) is 0. The van der Waals surface area contributed by atoms with Crippen LogP contribution in [0.15, 0.2) is 60.7 Å². The average molecular weight is 469 g/mol. The van der Waals surface area contributed by atoms with Gasteiger partial charge in [-0.1, -0.05) is 146 Å². The summed E-state index contributed by atoms with van der Waals surface area (Å²) in [7, 11) is -2.77. The van der Waals surface area contributed by atoms with Gasteiger partial charge in [0.2, 0.25) is 0 Å². The fourth-order valence-electron chi connectivity index (χ4n) is 4.20. The molecule has 0 N–H and O–H groups in total. The Balaban J connectivity index is 1.92. The quantitative estimate of drug-likeness (QED) is 0.165. The third-order valence-electron chi connectivity index (χ3n) is 6.65. The minimum atomic E-state index is -2.77. The molecule has 0 aromatic heterocycles. The number of benzene rings is 2. The first-order valence-corrected chi connectivity index (χ1v) is 15.3. The average Bonchev–Trinajstić information content (AvgIpc) is 2.85. The van der Waals surface area contributed by atoms with E-state index in [2.05, 4.69) is 88.4 Å². The molecular formula is C30H48O2Si. The van der Waals surface area contributed by atoms with Gasteiger partial charge in [-0.05, 0) is 29.6 Å². The molecule has 2 aromatic rings.